The van der Waals surface area contributed by atoms with Gasteiger partial charge in [-0.1, -0.05) is 0 Å². The van der Waals surface area contributed by atoms with Crippen LogP contribution in [0.1, 0.15) is 35.2 Å². The third-order valence-electron chi connectivity index (χ3n) is 2.53. The Hall–Kier alpha value is -0.900. The molecular formula is C11H16N2O2S2. The fourth-order valence-electron chi connectivity index (χ4n) is 1.56. The Morgan fingerprint density at radius 2 is 2.00 bits per heavy atom. The van der Waals surface area contributed by atoms with Gasteiger partial charge in [-0.15, -0.1) is 11.3 Å². The number of rotatable bonds is 4. The second kappa shape index (κ2) is 5.17. The van der Waals surface area contributed by atoms with Crippen LogP contribution in [0.2, 0.25) is 0 Å². The Balaban J connectivity index is 2.91. The molecule has 4 nitrogen and oxygen atoms in total. The molecule has 0 bridgehead atoms. The molecule has 0 aromatic carbocycles. The van der Waals surface area contributed by atoms with E-state index in [-0.39, 0.29) is 6.04 Å². The normalized spacial score (nSPS) is 15.2. The first-order valence-corrected chi connectivity index (χ1v) is 7.62. The van der Waals surface area contributed by atoms with Gasteiger partial charge < -0.3 is 0 Å². The summed E-state index contributed by atoms with van der Waals surface area (Å²) in [6.45, 7) is 7.11. The molecule has 1 aromatic rings. The smallest absolute Gasteiger partial charge is 0.211 e. The molecule has 1 rings (SSSR count). The number of nitrogens with one attached hydrogen (secondary N) is 1. The average Bonchev–Trinajstić information content (AvgIpc) is 2.56. The molecule has 0 aliphatic carbocycles. The second-order valence-corrected chi connectivity index (χ2v) is 7.52. The molecule has 0 spiro atoms. The molecule has 0 aliphatic rings. The zero-order valence-corrected chi connectivity index (χ0v) is 11.9. The van der Waals surface area contributed by atoms with Crippen LogP contribution in [0.15, 0.2) is 6.07 Å². The number of sulfonamides is 1. The largest absolute Gasteiger partial charge is 0.228 e. The van der Waals surface area contributed by atoms with Gasteiger partial charge in [-0.2, -0.15) is 5.26 Å². The van der Waals surface area contributed by atoms with Crippen molar-refractivity contribution in [1.82, 2.24) is 4.72 Å². The van der Waals surface area contributed by atoms with Crippen molar-refractivity contribution in [2.24, 2.45) is 0 Å². The van der Waals surface area contributed by atoms with E-state index in [1.54, 1.807) is 24.3 Å². The van der Waals surface area contributed by atoms with Crippen molar-refractivity contribution in [3.8, 4) is 6.07 Å². The minimum atomic E-state index is -3.57. The first kappa shape index (κ1) is 14.2. The van der Waals surface area contributed by atoms with E-state index in [1.807, 2.05) is 19.9 Å². The van der Waals surface area contributed by atoms with Crippen molar-refractivity contribution in [3.05, 3.63) is 21.4 Å². The van der Waals surface area contributed by atoms with Gasteiger partial charge in [-0.3, -0.25) is 0 Å². The molecule has 1 N–H and O–H groups in total. The molecule has 1 heterocycles. The Labute approximate surface area is 106 Å². The van der Waals surface area contributed by atoms with Gasteiger partial charge in [-0.05, 0) is 39.3 Å². The average molecular weight is 272 g/mol. The van der Waals surface area contributed by atoms with Gasteiger partial charge in [0.05, 0.1) is 6.07 Å². The van der Waals surface area contributed by atoms with Crippen LogP contribution in [0.5, 0.6) is 0 Å². The highest BCUT2D eigenvalue weighted by atomic mass is 32.2. The van der Waals surface area contributed by atoms with Crippen LogP contribution < -0.4 is 4.72 Å². The van der Waals surface area contributed by atoms with Crippen molar-refractivity contribution in [2.75, 3.05) is 0 Å². The zero-order chi connectivity index (χ0) is 13.2. The zero-order valence-electron chi connectivity index (χ0n) is 10.3. The fraction of sp³-hybridized carbons (Fsp3) is 0.545. The summed E-state index contributed by atoms with van der Waals surface area (Å²) in [6, 6.07) is 3.41. The molecule has 1 aromatic heterocycles. The molecule has 2 atom stereocenters. The standard InChI is InChI=1S/C11H16N2O2S2/c1-7-5-11(10(4)16-7)9(3)13-17(14,15)8(2)6-12/h5,8-9,13H,1-4H3. The molecular weight excluding hydrogens is 256 g/mol. The number of nitrogens with zero attached hydrogens (tertiary/aromatic N) is 1. The Morgan fingerprint density at radius 1 is 1.41 bits per heavy atom. The fourth-order valence-corrected chi connectivity index (χ4v) is 3.55. The van der Waals surface area contributed by atoms with Crippen molar-refractivity contribution in [3.63, 3.8) is 0 Å². The maximum atomic E-state index is 11.7. The quantitative estimate of drug-likeness (QED) is 0.914. The number of thiophene rings is 1. The first-order valence-electron chi connectivity index (χ1n) is 5.25. The number of hydrogen-bond donors (Lipinski definition) is 1. The van der Waals surface area contributed by atoms with E-state index in [2.05, 4.69) is 4.72 Å². The summed E-state index contributed by atoms with van der Waals surface area (Å²) >= 11 is 1.64. The van der Waals surface area contributed by atoms with Gasteiger partial charge in [0.1, 0.15) is 0 Å². The van der Waals surface area contributed by atoms with Crippen LogP contribution in [0, 0.1) is 25.2 Å². The summed E-state index contributed by atoms with van der Waals surface area (Å²) in [5.74, 6) is 0. The summed E-state index contributed by atoms with van der Waals surface area (Å²) in [7, 11) is -3.57. The molecule has 6 heteroatoms. The van der Waals surface area contributed by atoms with E-state index in [0.717, 1.165) is 15.3 Å². The molecule has 0 saturated carbocycles. The molecule has 0 aliphatic heterocycles. The Morgan fingerprint density at radius 3 is 2.41 bits per heavy atom. The van der Waals surface area contributed by atoms with Crippen molar-refractivity contribution in [1.29, 1.82) is 5.26 Å². The van der Waals surface area contributed by atoms with E-state index in [0.29, 0.717) is 0 Å². The Bertz CT molecular complexity index is 540. The third kappa shape index (κ3) is 3.28. The minimum absolute atomic E-state index is 0.305. The van der Waals surface area contributed by atoms with Gasteiger partial charge in [0.25, 0.3) is 0 Å². The third-order valence-corrected chi connectivity index (χ3v) is 5.23. The number of hydrogen-bond acceptors (Lipinski definition) is 4. The van der Waals surface area contributed by atoms with Gasteiger partial charge in [0, 0.05) is 15.8 Å². The van der Waals surface area contributed by atoms with Crippen LogP contribution in [0.25, 0.3) is 0 Å². The lowest BCUT2D eigenvalue weighted by atomic mass is 10.1. The van der Waals surface area contributed by atoms with Gasteiger partial charge in [-0.25, -0.2) is 13.1 Å². The van der Waals surface area contributed by atoms with Gasteiger partial charge >= 0.3 is 0 Å². The van der Waals surface area contributed by atoms with E-state index in [9.17, 15) is 8.42 Å². The highest BCUT2D eigenvalue weighted by Gasteiger charge is 2.24. The summed E-state index contributed by atoms with van der Waals surface area (Å²) in [5, 5.41) is 7.61. The van der Waals surface area contributed by atoms with Crippen LogP contribution in [0.3, 0.4) is 0 Å². The van der Waals surface area contributed by atoms with E-state index >= 15 is 0 Å². The maximum absolute atomic E-state index is 11.7. The van der Waals surface area contributed by atoms with Crippen LogP contribution >= 0.6 is 11.3 Å². The molecule has 0 radical (unpaired) electrons. The molecule has 0 fully saturated rings. The van der Waals surface area contributed by atoms with E-state index in [4.69, 9.17) is 5.26 Å². The van der Waals surface area contributed by atoms with E-state index in [1.165, 1.54) is 6.92 Å². The molecule has 0 amide bonds. The van der Waals surface area contributed by atoms with Crippen LogP contribution in [-0.4, -0.2) is 13.7 Å². The summed E-state index contributed by atoms with van der Waals surface area (Å²) in [4.78, 5) is 2.25. The summed E-state index contributed by atoms with van der Waals surface area (Å²) < 4.78 is 26.0. The van der Waals surface area contributed by atoms with Crippen molar-refractivity contribution < 1.29 is 8.42 Å². The second-order valence-electron chi connectivity index (χ2n) is 4.02. The molecule has 17 heavy (non-hydrogen) atoms. The van der Waals surface area contributed by atoms with Gasteiger partial charge in [0.15, 0.2) is 5.25 Å². The molecule has 2 unspecified atom stereocenters. The minimum Gasteiger partial charge on any atom is -0.211 e. The predicted octanol–water partition coefficient (Wildman–Crippen LogP) is 2.26. The lowest BCUT2D eigenvalue weighted by Gasteiger charge is -2.15. The SMILES string of the molecule is Cc1cc(C(C)NS(=O)(=O)C(C)C#N)c(C)s1. The summed E-state index contributed by atoms with van der Waals surface area (Å²) in [6.07, 6.45) is 0. The van der Waals surface area contributed by atoms with Crippen LogP contribution in [-0.2, 0) is 10.0 Å². The molecule has 0 saturated heterocycles. The number of nitriles is 1. The van der Waals surface area contributed by atoms with Crippen LogP contribution in [0.4, 0.5) is 0 Å². The van der Waals surface area contributed by atoms with E-state index < -0.39 is 15.3 Å². The van der Waals surface area contributed by atoms with Crippen molar-refractivity contribution in [2.45, 2.75) is 39.0 Å². The number of aryl methyl sites for hydroxylation is 2. The maximum Gasteiger partial charge on any atom is 0.228 e. The Kier molecular flexibility index (Phi) is 4.31. The topological polar surface area (TPSA) is 70.0 Å². The highest BCUT2D eigenvalue weighted by molar-refractivity contribution is 7.90. The lowest BCUT2D eigenvalue weighted by molar-refractivity contribution is 0.562. The van der Waals surface area contributed by atoms with Crippen molar-refractivity contribution >= 4 is 21.4 Å². The molecule has 94 valence electrons. The monoisotopic (exact) mass is 272 g/mol. The predicted molar refractivity (Wildman–Crippen MR) is 69.3 cm³/mol. The lowest BCUT2D eigenvalue weighted by Crippen LogP contribution is -2.33. The van der Waals surface area contributed by atoms with Gasteiger partial charge in [0.2, 0.25) is 10.0 Å². The summed E-state index contributed by atoms with van der Waals surface area (Å²) in [5.41, 5.74) is 0.973. The highest BCUT2D eigenvalue weighted by Crippen LogP contribution is 2.26. The first-order chi connectivity index (χ1) is 7.77.